The van der Waals surface area contributed by atoms with E-state index in [1.165, 1.54) is 0 Å². The van der Waals surface area contributed by atoms with Gasteiger partial charge in [0.1, 0.15) is 6.33 Å². The van der Waals surface area contributed by atoms with E-state index < -0.39 is 0 Å². The third-order valence-corrected chi connectivity index (χ3v) is 2.45. The van der Waals surface area contributed by atoms with E-state index in [2.05, 4.69) is 22.3 Å². The van der Waals surface area contributed by atoms with Crippen LogP contribution in [0.15, 0.2) is 42.7 Å². The van der Waals surface area contributed by atoms with E-state index in [0.29, 0.717) is 0 Å². The molecule has 74 valence electrons. The van der Waals surface area contributed by atoms with E-state index in [9.17, 15) is 0 Å². The fourth-order valence-electron chi connectivity index (χ4n) is 1.65. The molecule has 0 N–H and O–H groups in total. The molecule has 2 aromatic heterocycles. The van der Waals surface area contributed by atoms with Crippen LogP contribution < -0.4 is 0 Å². The lowest BCUT2D eigenvalue weighted by molar-refractivity contribution is 0.797. The molecule has 0 aliphatic heterocycles. The predicted molar refractivity (Wildman–Crippen MR) is 57.4 cm³/mol. The molecular weight excluding hydrogens is 188 g/mol. The summed E-state index contributed by atoms with van der Waals surface area (Å²) in [5.41, 5.74) is 3.10. The van der Waals surface area contributed by atoms with Gasteiger partial charge in [-0.15, -0.1) is 0 Å². The van der Waals surface area contributed by atoms with Crippen LogP contribution in [-0.4, -0.2) is 19.4 Å². The average Bonchev–Trinajstić information content (AvgIpc) is 2.83. The Labute approximate surface area is 86.8 Å². The summed E-state index contributed by atoms with van der Waals surface area (Å²) in [5.74, 6) is 0. The second-order valence-electron chi connectivity index (χ2n) is 3.45. The number of fused-ring (bicyclic) bond motifs is 1. The van der Waals surface area contributed by atoms with Gasteiger partial charge in [0.2, 0.25) is 0 Å². The first kappa shape index (κ1) is 8.23. The second kappa shape index (κ2) is 2.95. The van der Waals surface area contributed by atoms with Crippen LogP contribution in [0, 0.1) is 0 Å². The van der Waals surface area contributed by atoms with Gasteiger partial charge in [-0.2, -0.15) is 10.2 Å². The van der Waals surface area contributed by atoms with Gasteiger partial charge in [-0.05, 0) is 0 Å². The zero-order valence-corrected chi connectivity index (χ0v) is 8.33. The van der Waals surface area contributed by atoms with E-state index in [-0.39, 0.29) is 0 Å². The van der Waals surface area contributed by atoms with Gasteiger partial charge < -0.3 is 0 Å². The van der Waals surface area contributed by atoms with Gasteiger partial charge in [-0.25, -0.2) is 9.20 Å². The normalized spacial score (nSPS) is 11.0. The van der Waals surface area contributed by atoms with Crippen molar-refractivity contribution in [3.05, 3.63) is 42.7 Å². The number of rotatable bonds is 1. The Morgan fingerprint density at radius 1 is 1.13 bits per heavy atom. The molecule has 15 heavy (non-hydrogen) atoms. The molecule has 0 aliphatic rings. The molecule has 4 nitrogen and oxygen atoms in total. The largest absolute Gasteiger partial charge is 0.249 e. The van der Waals surface area contributed by atoms with E-state index in [1.807, 2.05) is 31.3 Å². The number of aromatic nitrogens is 4. The van der Waals surface area contributed by atoms with Gasteiger partial charge in [0.05, 0.1) is 5.69 Å². The molecule has 0 atom stereocenters. The van der Waals surface area contributed by atoms with Gasteiger partial charge in [0, 0.05) is 18.7 Å². The molecule has 0 amide bonds. The molecule has 0 radical (unpaired) electrons. The number of nitrogens with zero attached hydrogens (tertiary/aromatic N) is 4. The minimum Gasteiger partial charge on any atom is -0.249 e. The maximum absolute atomic E-state index is 4.44. The third-order valence-electron chi connectivity index (χ3n) is 2.45. The first-order valence-corrected chi connectivity index (χ1v) is 4.77. The van der Waals surface area contributed by atoms with E-state index in [4.69, 9.17) is 0 Å². The van der Waals surface area contributed by atoms with E-state index >= 15 is 0 Å². The Morgan fingerprint density at radius 2 is 1.93 bits per heavy atom. The first-order chi connectivity index (χ1) is 7.34. The van der Waals surface area contributed by atoms with Gasteiger partial charge in [-0.3, -0.25) is 0 Å². The number of hydrogen-bond donors (Lipinski definition) is 0. The summed E-state index contributed by atoms with van der Waals surface area (Å²) in [4.78, 5) is 0. The Hall–Kier alpha value is -2.10. The monoisotopic (exact) mass is 198 g/mol. The summed E-state index contributed by atoms with van der Waals surface area (Å²) < 4.78 is 3.59. The lowest BCUT2D eigenvalue weighted by Gasteiger charge is -1.92. The maximum Gasteiger partial charge on any atom is 0.154 e. The SMILES string of the molecule is Cn1ncn2nc(-c3ccccc3)cc12. The minimum atomic E-state index is 0.976. The molecule has 0 fully saturated rings. The van der Waals surface area contributed by atoms with Crippen LogP contribution in [0.25, 0.3) is 16.9 Å². The Morgan fingerprint density at radius 3 is 2.67 bits per heavy atom. The zero-order valence-electron chi connectivity index (χ0n) is 8.33. The molecule has 0 unspecified atom stereocenters. The summed E-state index contributed by atoms with van der Waals surface area (Å²) in [6, 6.07) is 12.2. The molecule has 4 heteroatoms. The predicted octanol–water partition coefficient (Wildman–Crippen LogP) is 1.73. The smallest absolute Gasteiger partial charge is 0.154 e. The molecule has 0 bridgehead atoms. The third kappa shape index (κ3) is 1.22. The van der Waals surface area contributed by atoms with E-state index in [1.54, 1.807) is 15.5 Å². The highest BCUT2D eigenvalue weighted by molar-refractivity contribution is 5.63. The highest BCUT2D eigenvalue weighted by atomic mass is 15.4. The van der Waals surface area contributed by atoms with Crippen molar-refractivity contribution in [2.75, 3.05) is 0 Å². The van der Waals surface area contributed by atoms with Crippen molar-refractivity contribution in [3.63, 3.8) is 0 Å². The molecule has 0 saturated heterocycles. The summed E-state index contributed by atoms with van der Waals surface area (Å²) in [6.07, 6.45) is 1.71. The molecule has 0 saturated carbocycles. The first-order valence-electron chi connectivity index (χ1n) is 4.77. The van der Waals surface area contributed by atoms with Crippen molar-refractivity contribution in [2.24, 2.45) is 7.05 Å². The molecule has 0 aliphatic carbocycles. The van der Waals surface area contributed by atoms with Crippen LogP contribution in [0.4, 0.5) is 0 Å². The Bertz CT molecular complexity index is 591. The molecule has 3 rings (SSSR count). The fourth-order valence-corrected chi connectivity index (χ4v) is 1.65. The number of hydrogen-bond acceptors (Lipinski definition) is 2. The van der Waals surface area contributed by atoms with Gasteiger partial charge in [0.15, 0.2) is 5.65 Å². The number of benzene rings is 1. The summed E-state index contributed by atoms with van der Waals surface area (Å²) in [5, 5.41) is 8.54. The zero-order chi connectivity index (χ0) is 10.3. The molecular formula is C11H10N4. The van der Waals surface area contributed by atoms with Crippen molar-refractivity contribution in [1.29, 1.82) is 0 Å². The van der Waals surface area contributed by atoms with Gasteiger partial charge in [0.25, 0.3) is 0 Å². The van der Waals surface area contributed by atoms with Crippen molar-refractivity contribution in [1.82, 2.24) is 19.4 Å². The molecule has 3 aromatic rings. The summed E-state index contributed by atoms with van der Waals surface area (Å²) in [6.45, 7) is 0. The highest BCUT2D eigenvalue weighted by Crippen LogP contribution is 2.18. The Kier molecular flexibility index (Phi) is 1.62. The molecule has 0 spiro atoms. The number of aryl methyl sites for hydroxylation is 1. The van der Waals surface area contributed by atoms with Crippen LogP contribution in [-0.2, 0) is 7.05 Å². The summed E-state index contributed by atoms with van der Waals surface area (Å²) >= 11 is 0. The van der Waals surface area contributed by atoms with Gasteiger partial charge >= 0.3 is 0 Å². The topological polar surface area (TPSA) is 35.1 Å². The van der Waals surface area contributed by atoms with Crippen molar-refractivity contribution in [2.45, 2.75) is 0 Å². The quantitative estimate of drug-likeness (QED) is 0.597. The fraction of sp³-hybridized carbons (Fsp3) is 0.0909. The average molecular weight is 198 g/mol. The highest BCUT2D eigenvalue weighted by Gasteiger charge is 2.06. The van der Waals surface area contributed by atoms with Crippen molar-refractivity contribution in [3.8, 4) is 11.3 Å². The van der Waals surface area contributed by atoms with Crippen LogP contribution in [0.1, 0.15) is 0 Å². The summed E-state index contributed by atoms with van der Waals surface area (Å²) in [7, 11) is 1.91. The van der Waals surface area contributed by atoms with Crippen LogP contribution in [0.3, 0.4) is 0 Å². The lowest BCUT2D eigenvalue weighted by Crippen LogP contribution is -1.87. The standard InChI is InChI=1S/C11H10N4/c1-14-11-7-10(13-15(11)8-12-14)9-5-3-2-4-6-9/h2-8H,1H3. The van der Waals surface area contributed by atoms with Crippen molar-refractivity contribution < 1.29 is 0 Å². The Balaban J connectivity index is 2.20. The van der Waals surface area contributed by atoms with Crippen LogP contribution in [0.5, 0.6) is 0 Å². The van der Waals surface area contributed by atoms with Crippen LogP contribution in [0.2, 0.25) is 0 Å². The van der Waals surface area contributed by atoms with Crippen molar-refractivity contribution >= 4 is 5.65 Å². The lowest BCUT2D eigenvalue weighted by atomic mass is 10.2. The maximum atomic E-state index is 4.44. The van der Waals surface area contributed by atoms with E-state index in [0.717, 1.165) is 16.9 Å². The minimum absolute atomic E-state index is 0.976. The van der Waals surface area contributed by atoms with Gasteiger partial charge in [-0.1, -0.05) is 30.3 Å². The second-order valence-corrected chi connectivity index (χ2v) is 3.45. The molecule has 1 aromatic carbocycles. The van der Waals surface area contributed by atoms with Crippen LogP contribution >= 0.6 is 0 Å². The molecule has 2 heterocycles.